The van der Waals surface area contributed by atoms with Gasteiger partial charge in [0.05, 0.1) is 34.5 Å². The van der Waals surface area contributed by atoms with Gasteiger partial charge in [-0.05, 0) is 30.3 Å². The van der Waals surface area contributed by atoms with Gasteiger partial charge in [0.2, 0.25) is 0 Å². The maximum Gasteiger partial charge on any atom is 0.417 e. The molecule has 1 aromatic heterocycles. The highest BCUT2D eigenvalue weighted by Crippen LogP contribution is 2.39. The highest BCUT2D eigenvalue weighted by atomic mass is 79.9. The number of esters is 1. The zero-order chi connectivity index (χ0) is 20.6. The van der Waals surface area contributed by atoms with Crippen LogP contribution < -0.4 is 0 Å². The Hall–Kier alpha value is -1.83. The molecule has 0 saturated carbocycles. The Kier molecular flexibility index (Phi) is 5.89. The van der Waals surface area contributed by atoms with Gasteiger partial charge in [-0.2, -0.15) is 13.2 Å². The van der Waals surface area contributed by atoms with Crippen LogP contribution in [0.15, 0.2) is 36.4 Å². The van der Waals surface area contributed by atoms with Gasteiger partial charge in [0, 0.05) is 26.9 Å². The van der Waals surface area contributed by atoms with Crippen LogP contribution in [0.1, 0.15) is 21.5 Å². The van der Waals surface area contributed by atoms with E-state index in [0.29, 0.717) is 21.5 Å². The normalized spacial score (nSPS) is 11.7. The van der Waals surface area contributed by atoms with E-state index in [1.165, 1.54) is 13.2 Å². The number of nitrogens with zero attached hydrogens (tertiary/aromatic N) is 1. The molecule has 0 fully saturated rings. The summed E-state index contributed by atoms with van der Waals surface area (Å²) in [6.07, 6.45) is -4.63. The third kappa shape index (κ3) is 3.83. The highest BCUT2D eigenvalue weighted by molar-refractivity contribution is 9.08. The molecule has 0 aliphatic heterocycles. The number of ether oxygens (including phenoxy) is 1. The first-order valence-electron chi connectivity index (χ1n) is 7.81. The molecule has 1 heterocycles. The lowest BCUT2D eigenvalue weighted by molar-refractivity contribution is -0.137. The van der Waals surface area contributed by atoms with Crippen molar-refractivity contribution in [1.82, 2.24) is 4.98 Å². The van der Waals surface area contributed by atoms with Crippen molar-refractivity contribution < 1.29 is 22.7 Å². The number of pyridine rings is 1. The highest BCUT2D eigenvalue weighted by Gasteiger charge is 2.34. The number of methoxy groups -OCH3 is 1. The van der Waals surface area contributed by atoms with Crippen LogP contribution in [0.4, 0.5) is 13.2 Å². The number of carbonyl (C=O) groups is 1. The molecule has 0 bridgehead atoms. The van der Waals surface area contributed by atoms with Gasteiger partial charge in [-0.3, -0.25) is 0 Å². The average molecular weight is 493 g/mol. The van der Waals surface area contributed by atoms with Gasteiger partial charge in [-0.15, -0.1) is 0 Å². The van der Waals surface area contributed by atoms with Gasteiger partial charge in [-0.1, -0.05) is 45.2 Å². The van der Waals surface area contributed by atoms with Crippen LogP contribution in [0, 0.1) is 0 Å². The van der Waals surface area contributed by atoms with Crippen LogP contribution in [-0.4, -0.2) is 18.1 Å². The molecule has 0 amide bonds. The van der Waals surface area contributed by atoms with Crippen LogP contribution in [-0.2, 0) is 16.2 Å². The van der Waals surface area contributed by atoms with Crippen molar-refractivity contribution in [2.75, 3.05) is 7.11 Å². The van der Waals surface area contributed by atoms with Gasteiger partial charge in [0.25, 0.3) is 0 Å². The second kappa shape index (κ2) is 7.89. The first kappa shape index (κ1) is 20.9. The average Bonchev–Trinajstić information content (AvgIpc) is 2.65. The fourth-order valence-electron chi connectivity index (χ4n) is 2.87. The van der Waals surface area contributed by atoms with Crippen molar-refractivity contribution in [1.29, 1.82) is 0 Å². The number of hydrogen-bond acceptors (Lipinski definition) is 3. The number of hydrogen-bond donors (Lipinski definition) is 0. The summed E-state index contributed by atoms with van der Waals surface area (Å²) in [5.41, 5.74) is 0.378. The lowest BCUT2D eigenvalue weighted by atomic mass is 9.96. The summed E-state index contributed by atoms with van der Waals surface area (Å²) in [5, 5.41) is 0.574. The Labute approximate surface area is 176 Å². The van der Waals surface area contributed by atoms with Gasteiger partial charge < -0.3 is 4.74 Å². The maximum atomic E-state index is 13.3. The van der Waals surface area contributed by atoms with Crippen molar-refractivity contribution in [2.24, 2.45) is 0 Å². The van der Waals surface area contributed by atoms with Crippen LogP contribution in [0.5, 0.6) is 0 Å². The number of carbonyl (C=O) groups excluding carboxylic acids is 1. The predicted octanol–water partition coefficient (Wildman–Crippen LogP) is 6.91. The topological polar surface area (TPSA) is 39.2 Å². The summed E-state index contributed by atoms with van der Waals surface area (Å²) in [5.74, 6) is -0.643. The van der Waals surface area contributed by atoms with Crippen LogP contribution >= 0.6 is 39.1 Å². The molecule has 0 aliphatic carbocycles. The van der Waals surface area contributed by atoms with Crippen LogP contribution in [0.2, 0.25) is 10.0 Å². The molecule has 146 valence electrons. The van der Waals surface area contributed by atoms with Crippen molar-refractivity contribution in [3.63, 3.8) is 0 Å². The lowest BCUT2D eigenvalue weighted by Gasteiger charge is -2.16. The molecule has 9 heteroatoms. The van der Waals surface area contributed by atoms with E-state index < -0.39 is 22.7 Å². The maximum absolute atomic E-state index is 13.3. The smallest absolute Gasteiger partial charge is 0.417 e. The van der Waals surface area contributed by atoms with Crippen molar-refractivity contribution in [2.45, 2.75) is 11.5 Å². The third-order valence-corrected chi connectivity index (χ3v) is 5.24. The molecule has 2 aromatic carbocycles. The molecule has 0 unspecified atom stereocenters. The molecule has 3 nitrogen and oxygen atoms in total. The van der Waals surface area contributed by atoms with Gasteiger partial charge >= 0.3 is 12.1 Å². The molecule has 28 heavy (non-hydrogen) atoms. The third-order valence-electron chi connectivity index (χ3n) is 4.12. The lowest BCUT2D eigenvalue weighted by Crippen LogP contribution is -2.10. The van der Waals surface area contributed by atoms with E-state index in [4.69, 9.17) is 27.9 Å². The molecule has 0 atom stereocenters. The summed E-state index contributed by atoms with van der Waals surface area (Å²) in [6.45, 7) is 0. The fourth-order valence-corrected chi connectivity index (χ4v) is 3.81. The van der Waals surface area contributed by atoms with Crippen LogP contribution in [0.25, 0.3) is 22.2 Å². The molecule has 0 spiro atoms. The SMILES string of the molecule is COC(=O)c1c(CBr)c(-c2ccc(Cl)c(C(F)(F)F)c2)nc2ccc(Cl)cc12. The Morgan fingerprint density at radius 2 is 1.89 bits per heavy atom. The van der Waals surface area contributed by atoms with E-state index in [9.17, 15) is 18.0 Å². The molecule has 0 radical (unpaired) electrons. The van der Waals surface area contributed by atoms with Gasteiger partial charge in [0.1, 0.15) is 0 Å². The van der Waals surface area contributed by atoms with E-state index in [-0.39, 0.29) is 22.2 Å². The predicted molar refractivity (Wildman–Crippen MR) is 106 cm³/mol. The number of rotatable bonds is 3. The zero-order valence-electron chi connectivity index (χ0n) is 14.2. The summed E-state index contributed by atoms with van der Waals surface area (Å²) >= 11 is 15.1. The van der Waals surface area contributed by atoms with Crippen molar-refractivity contribution in [3.05, 3.63) is 63.1 Å². The van der Waals surface area contributed by atoms with Crippen molar-refractivity contribution >= 4 is 56.0 Å². The summed E-state index contributed by atoms with van der Waals surface area (Å²) in [7, 11) is 1.22. The molecular weight excluding hydrogens is 482 g/mol. The summed E-state index contributed by atoms with van der Waals surface area (Å²) < 4.78 is 44.7. The Morgan fingerprint density at radius 3 is 2.50 bits per heavy atom. The number of fused-ring (bicyclic) bond motifs is 1. The standard InChI is InChI=1S/C19H11BrCl2F3NO2/c1-28-18(27)16-11-7-10(21)3-5-15(11)26-17(12(16)8-20)9-2-4-14(22)13(6-9)19(23,24)25/h2-7H,8H2,1H3. The second-order valence-corrected chi connectivity index (χ2v) is 7.20. The first-order chi connectivity index (χ1) is 13.2. The molecule has 3 aromatic rings. The molecular formula is C19H11BrCl2F3NO2. The zero-order valence-corrected chi connectivity index (χ0v) is 17.3. The molecule has 0 N–H and O–H groups in total. The first-order valence-corrected chi connectivity index (χ1v) is 9.68. The number of benzene rings is 2. The molecule has 0 saturated heterocycles. The summed E-state index contributed by atoms with van der Waals surface area (Å²) in [4.78, 5) is 16.9. The van der Waals surface area contributed by atoms with Crippen molar-refractivity contribution in [3.8, 4) is 11.3 Å². The minimum atomic E-state index is -4.63. The van der Waals surface area contributed by atoms with Gasteiger partial charge in [0.15, 0.2) is 0 Å². The Morgan fingerprint density at radius 1 is 1.18 bits per heavy atom. The Bertz CT molecular complexity index is 1090. The molecule has 0 aliphatic rings. The number of alkyl halides is 4. The summed E-state index contributed by atoms with van der Waals surface area (Å²) in [6, 6.07) is 8.23. The Balaban J connectivity index is 2.39. The van der Waals surface area contributed by atoms with E-state index in [0.717, 1.165) is 12.1 Å². The second-order valence-electron chi connectivity index (χ2n) is 5.79. The quantitative estimate of drug-likeness (QED) is 0.294. The molecule has 3 rings (SSSR count). The van der Waals surface area contributed by atoms with Crippen LogP contribution in [0.3, 0.4) is 0 Å². The van der Waals surface area contributed by atoms with Gasteiger partial charge in [-0.25, -0.2) is 9.78 Å². The van der Waals surface area contributed by atoms with E-state index >= 15 is 0 Å². The van der Waals surface area contributed by atoms with E-state index in [2.05, 4.69) is 20.9 Å². The fraction of sp³-hybridized carbons (Fsp3) is 0.158. The largest absolute Gasteiger partial charge is 0.465 e. The monoisotopic (exact) mass is 491 g/mol. The minimum Gasteiger partial charge on any atom is -0.465 e. The minimum absolute atomic E-state index is 0.159. The van der Waals surface area contributed by atoms with E-state index in [1.807, 2.05) is 0 Å². The van der Waals surface area contributed by atoms with E-state index in [1.54, 1.807) is 18.2 Å². The number of halogens is 6. The number of aromatic nitrogens is 1.